The van der Waals surface area contributed by atoms with Gasteiger partial charge in [0.05, 0.1) is 5.56 Å². The maximum atomic E-state index is 13.7. The standard InChI is InChI=1S/C19H13BrF2N2O2/c20-13-1-6-17(22)16(10-13)19(25)24-11-12-7-8-23-18(9-12)26-15-4-2-14(21)3-5-15/h1-10H,11H2,(H,24,25). The SMILES string of the molecule is O=C(NCc1ccnc(Oc2ccc(F)cc2)c1)c1cc(Br)ccc1F. The first-order chi connectivity index (χ1) is 12.5. The van der Waals surface area contributed by atoms with Gasteiger partial charge in [-0.05, 0) is 54.1 Å². The van der Waals surface area contributed by atoms with Crippen molar-refractivity contribution < 1.29 is 18.3 Å². The largest absolute Gasteiger partial charge is 0.439 e. The molecule has 3 aromatic rings. The zero-order chi connectivity index (χ0) is 18.5. The highest BCUT2D eigenvalue weighted by atomic mass is 79.9. The van der Waals surface area contributed by atoms with Crippen LogP contribution in [0.5, 0.6) is 11.6 Å². The first-order valence-electron chi connectivity index (χ1n) is 7.63. The molecule has 1 amide bonds. The maximum absolute atomic E-state index is 13.7. The average Bonchev–Trinajstić information content (AvgIpc) is 2.64. The molecule has 2 aromatic carbocycles. The van der Waals surface area contributed by atoms with Gasteiger partial charge < -0.3 is 10.1 Å². The van der Waals surface area contributed by atoms with Gasteiger partial charge in [0.25, 0.3) is 5.91 Å². The van der Waals surface area contributed by atoms with Crippen LogP contribution in [-0.4, -0.2) is 10.9 Å². The van der Waals surface area contributed by atoms with Crippen molar-refractivity contribution >= 4 is 21.8 Å². The highest BCUT2D eigenvalue weighted by Gasteiger charge is 2.12. The molecular weight excluding hydrogens is 406 g/mol. The van der Waals surface area contributed by atoms with Crippen LogP contribution in [0.3, 0.4) is 0 Å². The van der Waals surface area contributed by atoms with Crippen LogP contribution < -0.4 is 10.1 Å². The van der Waals surface area contributed by atoms with Gasteiger partial charge in [0.1, 0.15) is 17.4 Å². The third kappa shape index (κ3) is 4.64. The van der Waals surface area contributed by atoms with Crippen LogP contribution in [0.15, 0.2) is 65.3 Å². The molecule has 0 aliphatic carbocycles. The monoisotopic (exact) mass is 418 g/mol. The molecule has 1 heterocycles. The Balaban J connectivity index is 1.66. The zero-order valence-electron chi connectivity index (χ0n) is 13.4. The van der Waals surface area contributed by atoms with Crippen LogP contribution in [-0.2, 0) is 6.54 Å². The fourth-order valence-electron chi connectivity index (χ4n) is 2.19. The Hall–Kier alpha value is -2.80. The molecule has 7 heteroatoms. The minimum atomic E-state index is -0.597. The predicted molar refractivity (Wildman–Crippen MR) is 96.0 cm³/mol. The van der Waals surface area contributed by atoms with Crippen LogP contribution in [0.2, 0.25) is 0 Å². The van der Waals surface area contributed by atoms with Crippen molar-refractivity contribution in [3.05, 3.63) is 88.0 Å². The Kier molecular flexibility index (Phi) is 5.58. The van der Waals surface area contributed by atoms with Gasteiger partial charge in [-0.25, -0.2) is 13.8 Å². The molecule has 0 saturated heterocycles. The Morgan fingerprint density at radius 3 is 2.62 bits per heavy atom. The van der Waals surface area contributed by atoms with E-state index in [2.05, 4.69) is 26.2 Å². The van der Waals surface area contributed by atoms with E-state index in [9.17, 15) is 13.6 Å². The summed E-state index contributed by atoms with van der Waals surface area (Å²) in [6.45, 7) is 0.174. The number of aromatic nitrogens is 1. The Labute approximate surface area is 157 Å². The second-order valence-electron chi connectivity index (χ2n) is 5.37. The minimum absolute atomic E-state index is 0.0452. The van der Waals surface area contributed by atoms with Crippen molar-refractivity contribution in [1.82, 2.24) is 10.3 Å². The van der Waals surface area contributed by atoms with Gasteiger partial charge in [-0.1, -0.05) is 15.9 Å². The molecule has 1 aromatic heterocycles. The number of amides is 1. The van der Waals surface area contributed by atoms with Crippen molar-refractivity contribution in [3.63, 3.8) is 0 Å². The molecule has 26 heavy (non-hydrogen) atoms. The molecule has 1 N–H and O–H groups in total. The van der Waals surface area contributed by atoms with E-state index in [4.69, 9.17) is 4.74 Å². The summed E-state index contributed by atoms with van der Waals surface area (Å²) in [5.41, 5.74) is 0.678. The summed E-state index contributed by atoms with van der Waals surface area (Å²) >= 11 is 3.21. The van der Waals surface area contributed by atoms with Gasteiger partial charge in [0.2, 0.25) is 5.88 Å². The summed E-state index contributed by atoms with van der Waals surface area (Å²) < 4.78 is 32.8. The summed E-state index contributed by atoms with van der Waals surface area (Å²) in [6, 6.07) is 13.0. The van der Waals surface area contributed by atoms with E-state index >= 15 is 0 Å². The highest BCUT2D eigenvalue weighted by molar-refractivity contribution is 9.10. The predicted octanol–water partition coefficient (Wildman–Crippen LogP) is 4.84. The lowest BCUT2D eigenvalue weighted by Crippen LogP contribution is -2.23. The third-order valence-corrected chi connectivity index (χ3v) is 3.95. The van der Waals surface area contributed by atoms with Crippen LogP contribution in [0.1, 0.15) is 15.9 Å². The number of hydrogen-bond acceptors (Lipinski definition) is 3. The molecule has 0 spiro atoms. The minimum Gasteiger partial charge on any atom is -0.439 e. The van der Waals surface area contributed by atoms with E-state index in [0.717, 1.165) is 5.56 Å². The Morgan fingerprint density at radius 2 is 1.85 bits per heavy atom. The van der Waals surface area contributed by atoms with Crippen molar-refractivity contribution in [2.24, 2.45) is 0 Å². The molecule has 0 aliphatic heterocycles. The number of rotatable bonds is 5. The second-order valence-corrected chi connectivity index (χ2v) is 6.28. The van der Waals surface area contributed by atoms with Crippen LogP contribution >= 0.6 is 15.9 Å². The molecule has 0 bridgehead atoms. The molecule has 0 aliphatic rings. The summed E-state index contributed by atoms with van der Waals surface area (Å²) in [6.07, 6.45) is 1.53. The first kappa shape index (κ1) is 18.0. The quantitative estimate of drug-likeness (QED) is 0.644. The lowest BCUT2D eigenvalue weighted by atomic mass is 10.2. The number of carbonyl (C=O) groups excluding carboxylic acids is 1. The molecule has 0 fully saturated rings. The Morgan fingerprint density at radius 1 is 1.08 bits per heavy atom. The lowest BCUT2D eigenvalue weighted by molar-refractivity contribution is 0.0946. The third-order valence-electron chi connectivity index (χ3n) is 3.46. The normalized spacial score (nSPS) is 10.4. The fraction of sp³-hybridized carbons (Fsp3) is 0.0526. The molecule has 132 valence electrons. The Bertz CT molecular complexity index is 933. The van der Waals surface area contributed by atoms with E-state index in [1.54, 1.807) is 12.1 Å². The van der Waals surface area contributed by atoms with Gasteiger partial charge >= 0.3 is 0 Å². The van der Waals surface area contributed by atoms with Crippen LogP contribution in [0.25, 0.3) is 0 Å². The van der Waals surface area contributed by atoms with Crippen molar-refractivity contribution in [2.75, 3.05) is 0 Å². The summed E-state index contributed by atoms with van der Waals surface area (Å²) in [7, 11) is 0. The number of hydrogen-bond donors (Lipinski definition) is 1. The lowest BCUT2D eigenvalue weighted by Gasteiger charge is -2.09. The number of pyridine rings is 1. The van der Waals surface area contributed by atoms with Crippen LogP contribution in [0.4, 0.5) is 8.78 Å². The van der Waals surface area contributed by atoms with Crippen molar-refractivity contribution in [1.29, 1.82) is 0 Å². The topological polar surface area (TPSA) is 51.2 Å². The highest BCUT2D eigenvalue weighted by Crippen LogP contribution is 2.20. The summed E-state index contributed by atoms with van der Waals surface area (Å²) in [5.74, 6) is -0.739. The first-order valence-corrected chi connectivity index (χ1v) is 8.42. The van der Waals surface area contributed by atoms with Gasteiger partial charge in [-0.15, -0.1) is 0 Å². The number of ether oxygens (including phenoxy) is 1. The average molecular weight is 419 g/mol. The molecule has 0 saturated carbocycles. The zero-order valence-corrected chi connectivity index (χ0v) is 15.0. The van der Waals surface area contributed by atoms with E-state index in [-0.39, 0.29) is 17.9 Å². The number of nitrogens with one attached hydrogen (secondary N) is 1. The van der Waals surface area contributed by atoms with Gasteiger partial charge in [-0.2, -0.15) is 0 Å². The van der Waals surface area contributed by atoms with E-state index in [0.29, 0.717) is 16.1 Å². The van der Waals surface area contributed by atoms with Crippen molar-refractivity contribution in [3.8, 4) is 11.6 Å². The summed E-state index contributed by atoms with van der Waals surface area (Å²) in [5, 5.41) is 2.65. The number of benzene rings is 2. The van der Waals surface area contributed by atoms with Crippen LogP contribution in [0, 0.1) is 11.6 Å². The fourth-order valence-corrected chi connectivity index (χ4v) is 2.55. The molecule has 0 unspecified atom stereocenters. The smallest absolute Gasteiger partial charge is 0.254 e. The van der Waals surface area contributed by atoms with Crippen molar-refractivity contribution in [2.45, 2.75) is 6.54 Å². The molecule has 3 rings (SSSR count). The van der Waals surface area contributed by atoms with E-state index in [1.165, 1.54) is 48.7 Å². The molecule has 4 nitrogen and oxygen atoms in total. The van der Waals surface area contributed by atoms with Gasteiger partial charge in [0, 0.05) is 23.3 Å². The second kappa shape index (κ2) is 8.05. The van der Waals surface area contributed by atoms with E-state index in [1.807, 2.05) is 0 Å². The summed E-state index contributed by atoms with van der Waals surface area (Å²) in [4.78, 5) is 16.2. The van der Waals surface area contributed by atoms with Gasteiger partial charge in [-0.3, -0.25) is 4.79 Å². The number of nitrogens with zero attached hydrogens (tertiary/aromatic N) is 1. The molecular formula is C19H13BrF2N2O2. The van der Waals surface area contributed by atoms with E-state index < -0.39 is 11.7 Å². The maximum Gasteiger partial charge on any atom is 0.254 e. The van der Waals surface area contributed by atoms with Gasteiger partial charge in [0.15, 0.2) is 0 Å². The number of carbonyl (C=O) groups is 1. The molecule has 0 atom stereocenters. The number of halogens is 3. The molecule has 0 radical (unpaired) electrons.